The highest BCUT2D eigenvalue weighted by Crippen LogP contribution is 2.32. The van der Waals surface area contributed by atoms with Gasteiger partial charge in [0.1, 0.15) is 0 Å². The van der Waals surface area contributed by atoms with Gasteiger partial charge in [-0.25, -0.2) is 0 Å². The van der Waals surface area contributed by atoms with E-state index in [-0.39, 0.29) is 11.5 Å². The summed E-state index contributed by atoms with van der Waals surface area (Å²) in [5, 5.41) is 3.63. The van der Waals surface area contributed by atoms with Crippen molar-refractivity contribution in [3.8, 4) is 12.3 Å². The maximum Gasteiger partial charge on any atom is 0.0518 e. The standard InChI is InChI=1S/C20H23N/c1-5-16-10-9-13-18(14-16)21-19(15-20(2,3)4)17-11-7-6-8-12-17/h1,6-14,19,21H,15H2,2-4H3. The van der Waals surface area contributed by atoms with Gasteiger partial charge in [-0.3, -0.25) is 0 Å². The first-order valence-corrected chi connectivity index (χ1v) is 7.36. The molecule has 0 aliphatic heterocycles. The summed E-state index contributed by atoms with van der Waals surface area (Å²) in [6, 6.07) is 18.9. The Hall–Kier alpha value is -2.20. The molecule has 0 aromatic heterocycles. The van der Waals surface area contributed by atoms with Gasteiger partial charge in [0.25, 0.3) is 0 Å². The second-order valence-corrected chi connectivity index (χ2v) is 6.60. The van der Waals surface area contributed by atoms with E-state index in [4.69, 9.17) is 6.42 Å². The molecule has 0 aliphatic rings. The van der Waals surface area contributed by atoms with Crippen LogP contribution >= 0.6 is 0 Å². The van der Waals surface area contributed by atoms with Crippen molar-refractivity contribution in [2.75, 3.05) is 5.32 Å². The topological polar surface area (TPSA) is 12.0 Å². The van der Waals surface area contributed by atoms with Crippen molar-refractivity contribution >= 4 is 5.69 Å². The van der Waals surface area contributed by atoms with Crippen LogP contribution < -0.4 is 5.32 Å². The van der Waals surface area contributed by atoms with Gasteiger partial charge in [0, 0.05) is 11.3 Å². The third kappa shape index (κ3) is 4.68. The van der Waals surface area contributed by atoms with Crippen LogP contribution in [-0.4, -0.2) is 0 Å². The molecule has 0 spiro atoms. The molecule has 0 fully saturated rings. The quantitative estimate of drug-likeness (QED) is 0.752. The molecule has 1 N–H and O–H groups in total. The average molecular weight is 277 g/mol. The molecule has 108 valence electrons. The fourth-order valence-corrected chi connectivity index (χ4v) is 2.45. The van der Waals surface area contributed by atoms with E-state index in [1.807, 2.05) is 18.2 Å². The molecular formula is C20H23N. The lowest BCUT2D eigenvalue weighted by Crippen LogP contribution is -2.18. The molecule has 1 nitrogen and oxygen atoms in total. The Bertz CT molecular complexity index is 614. The van der Waals surface area contributed by atoms with Gasteiger partial charge in [0.05, 0.1) is 6.04 Å². The molecule has 0 amide bonds. The largest absolute Gasteiger partial charge is 0.378 e. The zero-order valence-corrected chi connectivity index (χ0v) is 13.1. The first-order chi connectivity index (χ1) is 9.98. The van der Waals surface area contributed by atoms with E-state index in [0.29, 0.717) is 0 Å². The second-order valence-electron chi connectivity index (χ2n) is 6.60. The Morgan fingerprint density at radius 1 is 1.05 bits per heavy atom. The number of terminal acetylenes is 1. The van der Waals surface area contributed by atoms with Crippen LogP contribution in [0.5, 0.6) is 0 Å². The monoisotopic (exact) mass is 277 g/mol. The fraction of sp³-hybridized carbons (Fsp3) is 0.300. The maximum absolute atomic E-state index is 5.48. The lowest BCUT2D eigenvalue weighted by atomic mass is 9.85. The van der Waals surface area contributed by atoms with Crippen molar-refractivity contribution in [1.29, 1.82) is 0 Å². The van der Waals surface area contributed by atoms with Gasteiger partial charge in [-0.05, 0) is 35.6 Å². The highest BCUT2D eigenvalue weighted by molar-refractivity contribution is 5.51. The smallest absolute Gasteiger partial charge is 0.0518 e. The summed E-state index contributed by atoms with van der Waals surface area (Å²) >= 11 is 0. The van der Waals surface area contributed by atoms with Gasteiger partial charge >= 0.3 is 0 Å². The normalized spacial score (nSPS) is 12.5. The van der Waals surface area contributed by atoms with Gasteiger partial charge < -0.3 is 5.32 Å². The predicted octanol–water partition coefficient (Wildman–Crippen LogP) is 5.26. The van der Waals surface area contributed by atoms with E-state index >= 15 is 0 Å². The Kier molecular flexibility index (Phi) is 4.70. The van der Waals surface area contributed by atoms with Crippen LogP contribution in [-0.2, 0) is 0 Å². The molecule has 2 aromatic carbocycles. The minimum atomic E-state index is 0.247. The number of hydrogen-bond acceptors (Lipinski definition) is 1. The SMILES string of the molecule is C#Cc1cccc(NC(CC(C)(C)C)c2ccccc2)c1. The van der Waals surface area contributed by atoms with E-state index in [0.717, 1.165) is 17.7 Å². The van der Waals surface area contributed by atoms with Crippen molar-refractivity contribution in [3.05, 3.63) is 65.7 Å². The van der Waals surface area contributed by atoms with E-state index in [2.05, 4.69) is 68.4 Å². The van der Waals surface area contributed by atoms with Crippen LogP contribution in [0, 0.1) is 17.8 Å². The van der Waals surface area contributed by atoms with Crippen molar-refractivity contribution < 1.29 is 0 Å². The predicted molar refractivity (Wildman–Crippen MR) is 91.3 cm³/mol. The molecule has 0 radical (unpaired) electrons. The van der Waals surface area contributed by atoms with Gasteiger partial charge in [0.15, 0.2) is 0 Å². The molecule has 2 aromatic rings. The zero-order valence-electron chi connectivity index (χ0n) is 13.1. The highest BCUT2D eigenvalue weighted by atomic mass is 14.9. The Balaban J connectivity index is 2.26. The van der Waals surface area contributed by atoms with E-state index < -0.39 is 0 Å². The van der Waals surface area contributed by atoms with E-state index in [9.17, 15) is 0 Å². The highest BCUT2D eigenvalue weighted by Gasteiger charge is 2.20. The summed E-state index contributed by atoms with van der Waals surface area (Å²) in [4.78, 5) is 0. The molecule has 1 atom stereocenters. The maximum atomic E-state index is 5.48. The molecule has 1 heteroatoms. The minimum Gasteiger partial charge on any atom is -0.378 e. The van der Waals surface area contributed by atoms with Gasteiger partial charge in [-0.2, -0.15) is 0 Å². The summed E-state index contributed by atoms with van der Waals surface area (Å²) in [5.41, 5.74) is 3.53. The van der Waals surface area contributed by atoms with E-state index in [1.54, 1.807) is 0 Å². The third-order valence-corrected chi connectivity index (χ3v) is 3.39. The van der Waals surface area contributed by atoms with Crippen molar-refractivity contribution in [2.45, 2.75) is 33.2 Å². The summed E-state index contributed by atoms with van der Waals surface area (Å²) in [6.45, 7) is 6.80. The van der Waals surface area contributed by atoms with Gasteiger partial charge in [0.2, 0.25) is 0 Å². The van der Waals surface area contributed by atoms with Gasteiger partial charge in [-0.15, -0.1) is 6.42 Å². The number of anilines is 1. The zero-order chi connectivity index (χ0) is 15.3. The molecule has 0 aliphatic carbocycles. The lowest BCUT2D eigenvalue weighted by Gasteiger charge is -2.28. The molecule has 0 saturated heterocycles. The number of hydrogen-bond donors (Lipinski definition) is 1. The van der Waals surface area contributed by atoms with Crippen LogP contribution in [0.3, 0.4) is 0 Å². The lowest BCUT2D eigenvalue weighted by molar-refractivity contribution is 0.352. The fourth-order valence-electron chi connectivity index (χ4n) is 2.45. The van der Waals surface area contributed by atoms with Crippen LogP contribution in [0.15, 0.2) is 54.6 Å². The minimum absolute atomic E-state index is 0.247. The molecule has 1 unspecified atom stereocenters. The third-order valence-electron chi connectivity index (χ3n) is 3.39. The Morgan fingerprint density at radius 3 is 2.38 bits per heavy atom. The van der Waals surface area contributed by atoms with Crippen LogP contribution in [0.2, 0.25) is 0 Å². The van der Waals surface area contributed by atoms with Crippen LogP contribution in [0.1, 0.15) is 44.4 Å². The van der Waals surface area contributed by atoms with Crippen LogP contribution in [0.25, 0.3) is 0 Å². The summed E-state index contributed by atoms with van der Waals surface area (Å²) in [7, 11) is 0. The second kappa shape index (κ2) is 6.50. The molecular weight excluding hydrogens is 254 g/mol. The van der Waals surface area contributed by atoms with E-state index in [1.165, 1.54) is 5.56 Å². The average Bonchev–Trinajstić information content (AvgIpc) is 2.46. The molecule has 21 heavy (non-hydrogen) atoms. The molecule has 2 rings (SSSR count). The van der Waals surface area contributed by atoms with Crippen molar-refractivity contribution in [3.63, 3.8) is 0 Å². The Morgan fingerprint density at radius 2 is 1.76 bits per heavy atom. The van der Waals surface area contributed by atoms with Crippen LogP contribution in [0.4, 0.5) is 5.69 Å². The first-order valence-electron chi connectivity index (χ1n) is 7.36. The van der Waals surface area contributed by atoms with Gasteiger partial charge in [-0.1, -0.05) is 63.1 Å². The van der Waals surface area contributed by atoms with Crippen molar-refractivity contribution in [2.24, 2.45) is 5.41 Å². The summed E-state index contributed by atoms with van der Waals surface area (Å²) in [6.07, 6.45) is 6.54. The molecule has 0 heterocycles. The summed E-state index contributed by atoms with van der Waals surface area (Å²) < 4.78 is 0. The Labute approximate surface area is 128 Å². The van der Waals surface area contributed by atoms with Crippen molar-refractivity contribution in [1.82, 2.24) is 0 Å². The number of nitrogens with one attached hydrogen (secondary N) is 1. The first kappa shape index (κ1) is 15.2. The molecule has 0 bridgehead atoms. The molecule has 0 saturated carbocycles. The summed E-state index contributed by atoms with van der Waals surface area (Å²) in [5.74, 6) is 2.69. The number of benzene rings is 2. The number of rotatable bonds is 4.